The number of nitrogens with two attached hydrogens (primary N) is 1. The average molecular weight is 199 g/mol. The van der Waals surface area contributed by atoms with E-state index in [4.69, 9.17) is 10.8 Å². The monoisotopic (exact) mass is 199 g/mol. The van der Waals surface area contributed by atoms with E-state index in [0.717, 1.165) is 25.7 Å². The molecule has 0 spiro atoms. The molecule has 0 heterocycles. The summed E-state index contributed by atoms with van der Waals surface area (Å²) in [6.45, 7) is 0. The lowest BCUT2D eigenvalue weighted by atomic mass is 9.84. The predicted octanol–water partition coefficient (Wildman–Crippen LogP) is 0.938. The fourth-order valence-corrected chi connectivity index (χ4v) is 1.90. The van der Waals surface area contributed by atoms with E-state index in [2.05, 4.69) is 0 Å². The molecule has 0 radical (unpaired) electrons. The Labute approximate surface area is 83.5 Å². The largest absolute Gasteiger partial charge is 0.480 e. The number of carboxylic acid groups (broad SMARTS) is 1. The number of carboxylic acids is 1. The lowest BCUT2D eigenvalue weighted by Crippen LogP contribution is -2.34. The van der Waals surface area contributed by atoms with Crippen molar-refractivity contribution < 1.29 is 14.7 Å². The molecule has 0 unspecified atom stereocenters. The summed E-state index contributed by atoms with van der Waals surface area (Å²) in [5.41, 5.74) is 5.30. The third-order valence-electron chi connectivity index (χ3n) is 2.80. The second-order valence-electron chi connectivity index (χ2n) is 3.95. The maximum Gasteiger partial charge on any atom is 0.320 e. The zero-order chi connectivity index (χ0) is 10.6. The number of hydrogen-bond donors (Lipinski definition) is 2. The minimum atomic E-state index is -1.09. The Morgan fingerprint density at radius 1 is 1.29 bits per heavy atom. The van der Waals surface area contributed by atoms with Crippen molar-refractivity contribution in [2.45, 2.75) is 44.6 Å². The van der Waals surface area contributed by atoms with Gasteiger partial charge in [0.05, 0.1) is 0 Å². The van der Waals surface area contributed by atoms with Crippen molar-refractivity contribution in [2.75, 3.05) is 0 Å². The van der Waals surface area contributed by atoms with E-state index in [9.17, 15) is 9.59 Å². The van der Waals surface area contributed by atoms with Gasteiger partial charge >= 0.3 is 5.97 Å². The standard InChI is InChI=1S/C10H17NO3/c11-8(10(13)14)6-9(12)7-4-2-1-3-5-7/h7-8H,1-6,11H2,(H,13,14)/t8-/m1/s1. The van der Waals surface area contributed by atoms with E-state index in [1.807, 2.05) is 0 Å². The lowest BCUT2D eigenvalue weighted by molar-refractivity contribution is -0.140. The van der Waals surface area contributed by atoms with Crippen molar-refractivity contribution in [1.82, 2.24) is 0 Å². The summed E-state index contributed by atoms with van der Waals surface area (Å²) in [5, 5.41) is 8.55. The molecule has 1 fully saturated rings. The Morgan fingerprint density at radius 3 is 2.36 bits per heavy atom. The molecule has 1 aliphatic carbocycles. The van der Waals surface area contributed by atoms with Crippen LogP contribution in [0.5, 0.6) is 0 Å². The van der Waals surface area contributed by atoms with E-state index in [1.165, 1.54) is 6.42 Å². The van der Waals surface area contributed by atoms with E-state index in [-0.39, 0.29) is 18.1 Å². The molecule has 0 aromatic carbocycles. The highest BCUT2D eigenvalue weighted by Crippen LogP contribution is 2.25. The molecule has 0 bridgehead atoms. The van der Waals surface area contributed by atoms with Crippen LogP contribution >= 0.6 is 0 Å². The summed E-state index contributed by atoms with van der Waals surface area (Å²) in [7, 11) is 0. The van der Waals surface area contributed by atoms with Crippen LogP contribution in [0.4, 0.5) is 0 Å². The summed E-state index contributed by atoms with van der Waals surface area (Å²) in [4.78, 5) is 22.0. The normalized spacial score (nSPS) is 20.4. The smallest absolute Gasteiger partial charge is 0.320 e. The minimum Gasteiger partial charge on any atom is -0.480 e. The number of aliphatic carboxylic acids is 1. The van der Waals surface area contributed by atoms with Crippen molar-refractivity contribution in [3.63, 3.8) is 0 Å². The molecule has 1 atom stereocenters. The zero-order valence-corrected chi connectivity index (χ0v) is 8.24. The molecule has 0 aromatic heterocycles. The number of carbonyl (C=O) groups is 2. The zero-order valence-electron chi connectivity index (χ0n) is 8.24. The lowest BCUT2D eigenvalue weighted by Gasteiger charge is -2.20. The van der Waals surface area contributed by atoms with Crippen LogP contribution in [0.25, 0.3) is 0 Å². The fourth-order valence-electron chi connectivity index (χ4n) is 1.90. The SMILES string of the molecule is N[C@H](CC(=O)C1CCCCC1)C(=O)O. The van der Waals surface area contributed by atoms with Crippen LogP contribution in [-0.4, -0.2) is 22.9 Å². The molecule has 0 aromatic rings. The van der Waals surface area contributed by atoms with Gasteiger partial charge in [0.2, 0.25) is 0 Å². The summed E-state index contributed by atoms with van der Waals surface area (Å²) in [6, 6.07) is -1.02. The number of rotatable bonds is 4. The maximum absolute atomic E-state index is 11.6. The van der Waals surface area contributed by atoms with E-state index in [1.54, 1.807) is 0 Å². The van der Waals surface area contributed by atoms with Gasteiger partial charge in [0.25, 0.3) is 0 Å². The van der Waals surface area contributed by atoms with Gasteiger partial charge in [-0.25, -0.2) is 0 Å². The Balaban J connectivity index is 2.36. The summed E-state index contributed by atoms with van der Waals surface area (Å²) >= 11 is 0. The van der Waals surface area contributed by atoms with E-state index in [0.29, 0.717) is 0 Å². The van der Waals surface area contributed by atoms with Gasteiger partial charge in [-0.3, -0.25) is 9.59 Å². The van der Waals surface area contributed by atoms with Crippen LogP contribution in [-0.2, 0) is 9.59 Å². The summed E-state index contributed by atoms with van der Waals surface area (Å²) in [6.07, 6.45) is 5.16. The highest BCUT2D eigenvalue weighted by atomic mass is 16.4. The molecule has 1 aliphatic rings. The Kier molecular flexibility index (Phi) is 4.07. The van der Waals surface area contributed by atoms with Crippen molar-refractivity contribution in [3.05, 3.63) is 0 Å². The second kappa shape index (κ2) is 5.10. The third kappa shape index (κ3) is 3.10. The van der Waals surface area contributed by atoms with E-state index < -0.39 is 12.0 Å². The first kappa shape index (κ1) is 11.2. The molecule has 14 heavy (non-hydrogen) atoms. The van der Waals surface area contributed by atoms with Gasteiger partial charge < -0.3 is 10.8 Å². The van der Waals surface area contributed by atoms with Crippen LogP contribution in [0, 0.1) is 5.92 Å². The van der Waals surface area contributed by atoms with Gasteiger partial charge in [0.1, 0.15) is 11.8 Å². The molecule has 1 rings (SSSR count). The van der Waals surface area contributed by atoms with Gasteiger partial charge in [-0.05, 0) is 12.8 Å². The van der Waals surface area contributed by atoms with Crippen LogP contribution < -0.4 is 5.73 Å². The van der Waals surface area contributed by atoms with Crippen LogP contribution in [0.1, 0.15) is 38.5 Å². The molecule has 1 saturated carbocycles. The van der Waals surface area contributed by atoms with Crippen LogP contribution in [0.15, 0.2) is 0 Å². The molecule has 3 N–H and O–H groups in total. The average Bonchev–Trinajstić information content (AvgIpc) is 2.19. The fraction of sp³-hybridized carbons (Fsp3) is 0.800. The van der Waals surface area contributed by atoms with Gasteiger partial charge in [-0.1, -0.05) is 19.3 Å². The maximum atomic E-state index is 11.6. The van der Waals surface area contributed by atoms with Crippen molar-refractivity contribution in [1.29, 1.82) is 0 Å². The van der Waals surface area contributed by atoms with Crippen molar-refractivity contribution >= 4 is 11.8 Å². The first-order valence-corrected chi connectivity index (χ1v) is 5.12. The molecule has 80 valence electrons. The quantitative estimate of drug-likeness (QED) is 0.706. The molecule has 4 heteroatoms. The number of ketones is 1. The highest BCUT2D eigenvalue weighted by molar-refractivity contribution is 5.87. The molecule has 4 nitrogen and oxygen atoms in total. The third-order valence-corrected chi connectivity index (χ3v) is 2.80. The predicted molar refractivity (Wildman–Crippen MR) is 51.8 cm³/mol. The Hall–Kier alpha value is -0.900. The first-order chi connectivity index (χ1) is 6.61. The summed E-state index contributed by atoms with van der Waals surface area (Å²) < 4.78 is 0. The molecular formula is C10H17NO3. The summed E-state index contributed by atoms with van der Waals surface area (Å²) in [5.74, 6) is -0.997. The topological polar surface area (TPSA) is 80.4 Å². The molecule has 0 amide bonds. The van der Waals surface area contributed by atoms with Gasteiger partial charge in [0.15, 0.2) is 0 Å². The highest BCUT2D eigenvalue weighted by Gasteiger charge is 2.24. The number of carbonyl (C=O) groups excluding carboxylic acids is 1. The molecular weight excluding hydrogens is 182 g/mol. The van der Waals surface area contributed by atoms with Crippen LogP contribution in [0.2, 0.25) is 0 Å². The van der Waals surface area contributed by atoms with Gasteiger partial charge in [-0.2, -0.15) is 0 Å². The second-order valence-corrected chi connectivity index (χ2v) is 3.95. The van der Waals surface area contributed by atoms with Gasteiger partial charge in [-0.15, -0.1) is 0 Å². The minimum absolute atomic E-state index is 0.0139. The number of hydrogen-bond acceptors (Lipinski definition) is 3. The van der Waals surface area contributed by atoms with Crippen LogP contribution in [0.3, 0.4) is 0 Å². The molecule has 0 aliphatic heterocycles. The van der Waals surface area contributed by atoms with Crippen molar-refractivity contribution in [2.24, 2.45) is 11.7 Å². The Bertz CT molecular complexity index is 221. The van der Waals surface area contributed by atoms with Crippen molar-refractivity contribution in [3.8, 4) is 0 Å². The molecule has 0 saturated heterocycles. The van der Waals surface area contributed by atoms with Gasteiger partial charge in [0, 0.05) is 12.3 Å². The first-order valence-electron chi connectivity index (χ1n) is 5.12. The Morgan fingerprint density at radius 2 is 1.86 bits per heavy atom. The number of Topliss-reactive ketones (excluding diaryl/α,β-unsaturated/α-hetero) is 1. The van der Waals surface area contributed by atoms with E-state index >= 15 is 0 Å².